The number of nitrogens with zero attached hydrogens (tertiary/aromatic N) is 1. The van der Waals surface area contributed by atoms with Crippen LogP contribution in [0.25, 0.3) is 0 Å². The highest BCUT2D eigenvalue weighted by atomic mass is 16.6. The number of nitrogens with one attached hydrogen (secondary N) is 1. The van der Waals surface area contributed by atoms with Crippen molar-refractivity contribution in [1.82, 2.24) is 0 Å². The maximum atomic E-state index is 11.0. The third-order valence-corrected chi connectivity index (χ3v) is 3.46. The van der Waals surface area contributed by atoms with Gasteiger partial charge in [0.1, 0.15) is 17.2 Å². The summed E-state index contributed by atoms with van der Waals surface area (Å²) in [5, 5.41) is 14.1. The smallest absolute Gasteiger partial charge is 0.292 e. The zero-order valence-corrected chi connectivity index (χ0v) is 12.9. The van der Waals surface area contributed by atoms with Crippen molar-refractivity contribution in [2.45, 2.75) is 6.54 Å². The normalized spacial score (nSPS) is 10.2. The van der Waals surface area contributed by atoms with Crippen LogP contribution in [0, 0.1) is 10.1 Å². The van der Waals surface area contributed by atoms with Gasteiger partial charge in [0.2, 0.25) is 0 Å². The predicted molar refractivity (Wildman–Crippen MR) is 93.4 cm³/mol. The molecule has 0 aliphatic rings. The monoisotopic (exact) mass is 320 g/mol. The number of anilines is 1. The number of nitro groups is 1. The molecule has 0 radical (unpaired) electrons. The van der Waals surface area contributed by atoms with Gasteiger partial charge in [-0.25, -0.2) is 0 Å². The standard InChI is InChI=1S/C19H16N2O3/c22-21(23)19-12-5-4-11-18(19)20-14-15-7-6-10-17(13-15)24-16-8-2-1-3-9-16/h1-13,20H,14H2. The van der Waals surface area contributed by atoms with Gasteiger partial charge in [-0.3, -0.25) is 10.1 Å². The van der Waals surface area contributed by atoms with E-state index < -0.39 is 4.92 Å². The van der Waals surface area contributed by atoms with Crippen molar-refractivity contribution in [2.24, 2.45) is 0 Å². The summed E-state index contributed by atoms with van der Waals surface area (Å²) in [6.45, 7) is 0.469. The molecule has 3 rings (SSSR count). The Kier molecular flexibility index (Phi) is 4.72. The van der Waals surface area contributed by atoms with Crippen LogP contribution in [0.4, 0.5) is 11.4 Å². The molecule has 5 nitrogen and oxygen atoms in total. The number of hydrogen-bond acceptors (Lipinski definition) is 4. The molecular weight excluding hydrogens is 304 g/mol. The van der Waals surface area contributed by atoms with E-state index >= 15 is 0 Å². The number of para-hydroxylation sites is 3. The summed E-state index contributed by atoms with van der Waals surface area (Å²) >= 11 is 0. The van der Waals surface area contributed by atoms with Crippen molar-refractivity contribution in [3.63, 3.8) is 0 Å². The second-order valence-electron chi connectivity index (χ2n) is 5.19. The van der Waals surface area contributed by atoms with Crippen LogP contribution in [-0.4, -0.2) is 4.92 Å². The van der Waals surface area contributed by atoms with E-state index in [0.29, 0.717) is 12.2 Å². The lowest BCUT2D eigenvalue weighted by atomic mass is 10.2. The highest BCUT2D eigenvalue weighted by Crippen LogP contribution is 2.25. The second-order valence-corrected chi connectivity index (χ2v) is 5.19. The average Bonchev–Trinajstić information content (AvgIpc) is 2.61. The molecule has 0 spiro atoms. The minimum Gasteiger partial charge on any atom is -0.457 e. The van der Waals surface area contributed by atoms with Crippen molar-refractivity contribution in [1.29, 1.82) is 0 Å². The minimum atomic E-state index is -0.392. The highest BCUT2D eigenvalue weighted by Gasteiger charge is 2.11. The Labute approximate surface area is 139 Å². The molecule has 0 saturated heterocycles. The van der Waals surface area contributed by atoms with E-state index in [4.69, 9.17) is 4.74 Å². The molecule has 0 aliphatic heterocycles. The van der Waals surface area contributed by atoms with Crippen LogP contribution in [0.5, 0.6) is 11.5 Å². The predicted octanol–water partition coefficient (Wildman–Crippen LogP) is 5.00. The molecule has 0 bridgehead atoms. The molecule has 1 N–H and O–H groups in total. The molecule has 0 heterocycles. The fourth-order valence-electron chi connectivity index (χ4n) is 2.32. The Morgan fingerprint density at radius 1 is 0.875 bits per heavy atom. The molecule has 5 heteroatoms. The van der Waals surface area contributed by atoms with Crippen LogP contribution in [0.3, 0.4) is 0 Å². The van der Waals surface area contributed by atoms with Crippen LogP contribution in [0.1, 0.15) is 5.56 Å². The summed E-state index contributed by atoms with van der Waals surface area (Å²) in [4.78, 5) is 10.6. The fraction of sp³-hybridized carbons (Fsp3) is 0.0526. The Balaban J connectivity index is 1.70. The molecular formula is C19H16N2O3. The number of rotatable bonds is 6. The highest BCUT2D eigenvalue weighted by molar-refractivity contribution is 5.61. The first kappa shape index (κ1) is 15.6. The summed E-state index contributed by atoms with van der Waals surface area (Å²) in [5.74, 6) is 1.49. The molecule has 0 amide bonds. The lowest BCUT2D eigenvalue weighted by Gasteiger charge is -2.09. The van der Waals surface area contributed by atoms with Gasteiger partial charge in [-0.2, -0.15) is 0 Å². The van der Waals surface area contributed by atoms with Gasteiger partial charge in [0.25, 0.3) is 5.69 Å². The molecule has 3 aromatic carbocycles. The molecule has 0 unspecified atom stereocenters. The lowest BCUT2D eigenvalue weighted by molar-refractivity contribution is -0.384. The second kappa shape index (κ2) is 7.28. The SMILES string of the molecule is O=[N+]([O-])c1ccccc1NCc1cccc(Oc2ccccc2)c1. The van der Waals surface area contributed by atoms with Gasteiger partial charge >= 0.3 is 0 Å². The molecule has 0 fully saturated rings. The summed E-state index contributed by atoms with van der Waals surface area (Å²) in [5.41, 5.74) is 1.53. The van der Waals surface area contributed by atoms with E-state index in [-0.39, 0.29) is 5.69 Å². The maximum Gasteiger partial charge on any atom is 0.292 e. The number of benzene rings is 3. The van der Waals surface area contributed by atoms with Crippen LogP contribution in [-0.2, 0) is 6.54 Å². The minimum absolute atomic E-state index is 0.0641. The molecule has 0 aliphatic carbocycles. The van der Waals surface area contributed by atoms with Gasteiger partial charge < -0.3 is 10.1 Å². The van der Waals surface area contributed by atoms with Crippen molar-refractivity contribution in [3.05, 3.63) is 94.5 Å². The van der Waals surface area contributed by atoms with Gasteiger partial charge in [0.05, 0.1) is 4.92 Å². The molecule has 120 valence electrons. The van der Waals surface area contributed by atoms with Crippen molar-refractivity contribution < 1.29 is 9.66 Å². The van der Waals surface area contributed by atoms with E-state index in [1.54, 1.807) is 18.2 Å². The van der Waals surface area contributed by atoms with Crippen LogP contribution >= 0.6 is 0 Å². The van der Waals surface area contributed by atoms with E-state index in [9.17, 15) is 10.1 Å². The number of nitro benzene ring substituents is 1. The number of ether oxygens (including phenoxy) is 1. The third-order valence-electron chi connectivity index (χ3n) is 3.46. The first-order valence-corrected chi connectivity index (χ1v) is 7.51. The van der Waals surface area contributed by atoms with E-state index in [2.05, 4.69) is 5.32 Å². The molecule has 3 aromatic rings. The van der Waals surface area contributed by atoms with Crippen LogP contribution in [0.2, 0.25) is 0 Å². The molecule has 0 atom stereocenters. The van der Waals surface area contributed by atoms with Crippen molar-refractivity contribution in [2.75, 3.05) is 5.32 Å². The Morgan fingerprint density at radius 3 is 2.38 bits per heavy atom. The zero-order chi connectivity index (χ0) is 16.8. The maximum absolute atomic E-state index is 11.0. The Hall–Kier alpha value is -3.34. The summed E-state index contributed by atoms with van der Waals surface area (Å²) in [7, 11) is 0. The van der Waals surface area contributed by atoms with Crippen molar-refractivity contribution in [3.8, 4) is 11.5 Å². The van der Waals surface area contributed by atoms with Gasteiger partial charge in [0, 0.05) is 12.6 Å². The number of hydrogen-bond donors (Lipinski definition) is 1. The Morgan fingerprint density at radius 2 is 1.58 bits per heavy atom. The summed E-state index contributed by atoms with van der Waals surface area (Å²) in [6.07, 6.45) is 0. The average molecular weight is 320 g/mol. The summed E-state index contributed by atoms with van der Waals surface area (Å²) < 4.78 is 5.80. The first-order chi connectivity index (χ1) is 11.7. The largest absolute Gasteiger partial charge is 0.457 e. The Bertz CT molecular complexity index is 835. The summed E-state index contributed by atoms with van der Waals surface area (Å²) in [6, 6.07) is 23.8. The molecule has 0 saturated carbocycles. The van der Waals surface area contributed by atoms with Gasteiger partial charge in [-0.15, -0.1) is 0 Å². The van der Waals surface area contributed by atoms with Gasteiger partial charge in [-0.05, 0) is 35.9 Å². The zero-order valence-electron chi connectivity index (χ0n) is 12.9. The fourth-order valence-corrected chi connectivity index (χ4v) is 2.32. The third kappa shape index (κ3) is 3.89. The van der Waals surface area contributed by atoms with E-state index in [0.717, 1.165) is 17.1 Å². The van der Waals surface area contributed by atoms with E-state index in [1.165, 1.54) is 6.07 Å². The lowest BCUT2D eigenvalue weighted by Crippen LogP contribution is -2.02. The first-order valence-electron chi connectivity index (χ1n) is 7.51. The van der Waals surface area contributed by atoms with Crippen LogP contribution < -0.4 is 10.1 Å². The van der Waals surface area contributed by atoms with Gasteiger partial charge in [-0.1, -0.05) is 42.5 Å². The molecule has 24 heavy (non-hydrogen) atoms. The van der Waals surface area contributed by atoms with Crippen molar-refractivity contribution >= 4 is 11.4 Å². The van der Waals surface area contributed by atoms with E-state index in [1.807, 2.05) is 54.6 Å². The molecule has 0 aromatic heterocycles. The van der Waals surface area contributed by atoms with Crippen LogP contribution in [0.15, 0.2) is 78.9 Å². The topological polar surface area (TPSA) is 64.4 Å². The quantitative estimate of drug-likeness (QED) is 0.513. The van der Waals surface area contributed by atoms with Gasteiger partial charge in [0.15, 0.2) is 0 Å².